The molecule has 1 heterocycles. The molecule has 3 rings (SSSR count). The SMILES string of the molecule is CN(C)c1cccc(C(=O)N2CCC(Cc3ccc(O)cc3)C2)c1. The Morgan fingerprint density at radius 3 is 2.67 bits per heavy atom. The zero-order chi connectivity index (χ0) is 17.1. The number of hydrogen-bond donors (Lipinski definition) is 1. The average molecular weight is 324 g/mol. The van der Waals surface area contributed by atoms with Gasteiger partial charge in [0.2, 0.25) is 0 Å². The van der Waals surface area contributed by atoms with Crippen LogP contribution in [-0.2, 0) is 6.42 Å². The Balaban J connectivity index is 1.63. The highest BCUT2D eigenvalue weighted by Crippen LogP contribution is 2.24. The van der Waals surface area contributed by atoms with Crippen LogP contribution in [0.15, 0.2) is 48.5 Å². The van der Waals surface area contributed by atoms with Crippen molar-refractivity contribution in [3.05, 3.63) is 59.7 Å². The lowest BCUT2D eigenvalue weighted by Gasteiger charge is -2.18. The molecule has 1 amide bonds. The van der Waals surface area contributed by atoms with Crippen molar-refractivity contribution >= 4 is 11.6 Å². The van der Waals surface area contributed by atoms with Crippen LogP contribution < -0.4 is 4.90 Å². The molecular weight excluding hydrogens is 300 g/mol. The topological polar surface area (TPSA) is 43.8 Å². The van der Waals surface area contributed by atoms with Gasteiger partial charge in [-0.05, 0) is 54.7 Å². The van der Waals surface area contributed by atoms with E-state index < -0.39 is 0 Å². The van der Waals surface area contributed by atoms with Crippen molar-refractivity contribution in [2.45, 2.75) is 12.8 Å². The van der Waals surface area contributed by atoms with Gasteiger partial charge < -0.3 is 14.9 Å². The Labute approximate surface area is 143 Å². The molecule has 1 fully saturated rings. The zero-order valence-corrected chi connectivity index (χ0v) is 14.3. The van der Waals surface area contributed by atoms with Crippen LogP contribution in [0.3, 0.4) is 0 Å². The first-order valence-corrected chi connectivity index (χ1v) is 8.37. The van der Waals surface area contributed by atoms with Crippen molar-refractivity contribution in [1.29, 1.82) is 0 Å². The highest BCUT2D eigenvalue weighted by molar-refractivity contribution is 5.95. The molecule has 1 unspecified atom stereocenters. The minimum absolute atomic E-state index is 0.118. The van der Waals surface area contributed by atoms with Gasteiger partial charge in [0.25, 0.3) is 5.91 Å². The van der Waals surface area contributed by atoms with E-state index in [-0.39, 0.29) is 5.91 Å². The molecule has 24 heavy (non-hydrogen) atoms. The molecular formula is C20H24N2O2. The van der Waals surface area contributed by atoms with Gasteiger partial charge in [-0.1, -0.05) is 18.2 Å². The van der Waals surface area contributed by atoms with Crippen molar-refractivity contribution in [2.24, 2.45) is 5.92 Å². The summed E-state index contributed by atoms with van der Waals surface area (Å²) in [6, 6.07) is 15.2. The minimum Gasteiger partial charge on any atom is -0.508 e. The van der Waals surface area contributed by atoms with Crippen LogP contribution in [-0.4, -0.2) is 43.1 Å². The van der Waals surface area contributed by atoms with Crippen molar-refractivity contribution in [3.63, 3.8) is 0 Å². The summed E-state index contributed by atoms with van der Waals surface area (Å²) >= 11 is 0. The van der Waals surface area contributed by atoms with Gasteiger partial charge in [-0.3, -0.25) is 4.79 Å². The second kappa shape index (κ2) is 6.95. The lowest BCUT2D eigenvalue weighted by atomic mass is 9.99. The van der Waals surface area contributed by atoms with E-state index in [0.29, 0.717) is 11.7 Å². The Morgan fingerprint density at radius 2 is 1.96 bits per heavy atom. The smallest absolute Gasteiger partial charge is 0.253 e. The largest absolute Gasteiger partial charge is 0.508 e. The maximum absolute atomic E-state index is 12.7. The Bertz CT molecular complexity index is 710. The van der Waals surface area contributed by atoms with Crippen molar-refractivity contribution in [2.75, 3.05) is 32.1 Å². The molecule has 0 aromatic heterocycles. The normalized spacial score (nSPS) is 17.1. The van der Waals surface area contributed by atoms with E-state index in [2.05, 4.69) is 0 Å². The van der Waals surface area contributed by atoms with Crippen LogP contribution in [0.4, 0.5) is 5.69 Å². The number of phenols is 1. The molecule has 0 bridgehead atoms. The van der Waals surface area contributed by atoms with Gasteiger partial charge in [0, 0.05) is 38.4 Å². The van der Waals surface area contributed by atoms with Crippen molar-refractivity contribution in [1.82, 2.24) is 4.90 Å². The third-order valence-corrected chi connectivity index (χ3v) is 4.64. The van der Waals surface area contributed by atoms with Gasteiger partial charge in [-0.2, -0.15) is 0 Å². The van der Waals surface area contributed by atoms with Crippen LogP contribution in [0.25, 0.3) is 0 Å². The van der Waals surface area contributed by atoms with Gasteiger partial charge in [-0.15, -0.1) is 0 Å². The molecule has 0 aliphatic carbocycles. The maximum atomic E-state index is 12.7. The Hall–Kier alpha value is -2.49. The fraction of sp³-hybridized carbons (Fsp3) is 0.350. The molecule has 1 aliphatic rings. The number of carbonyl (C=O) groups excluding carboxylic acids is 1. The van der Waals surface area contributed by atoms with E-state index in [0.717, 1.165) is 37.2 Å². The molecule has 2 aromatic rings. The lowest BCUT2D eigenvalue weighted by molar-refractivity contribution is 0.0787. The van der Waals surface area contributed by atoms with E-state index in [4.69, 9.17) is 0 Å². The first-order chi connectivity index (χ1) is 11.5. The van der Waals surface area contributed by atoms with Gasteiger partial charge in [0.05, 0.1) is 0 Å². The summed E-state index contributed by atoms with van der Waals surface area (Å²) in [5.41, 5.74) is 3.01. The average Bonchev–Trinajstić information content (AvgIpc) is 3.05. The summed E-state index contributed by atoms with van der Waals surface area (Å²) in [7, 11) is 3.96. The van der Waals surface area contributed by atoms with Crippen LogP contribution >= 0.6 is 0 Å². The second-order valence-corrected chi connectivity index (χ2v) is 6.72. The molecule has 0 radical (unpaired) electrons. The van der Waals surface area contributed by atoms with Crippen LogP contribution in [0.2, 0.25) is 0 Å². The summed E-state index contributed by atoms with van der Waals surface area (Å²) in [5.74, 6) is 0.894. The highest BCUT2D eigenvalue weighted by Gasteiger charge is 2.27. The quantitative estimate of drug-likeness (QED) is 0.939. The number of rotatable bonds is 4. The summed E-state index contributed by atoms with van der Waals surface area (Å²) in [4.78, 5) is 16.7. The molecule has 1 aliphatic heterocycles. The summed E-state index contributed by atoms with van der Waals surface area (Å²) < 4.78 is 0. The standard InChI is InChI=1S/C20H24N2O2/c1-21(2)18-5-3-4-17(13-18)20(24)22-11-10-16(14-22)12-15-6-8-19(23)9-7-15/h3-9,13,16,23H,10-12,14H2,1-2H3. The van der Waals surface area contributed by atoms with Gasteiger partial charge in [0.15, 0.2) is 0 Å². The molecule has 1 N–H and O–H groups in total. The number of aromatic hydroxyl groups is 1. The van der Waals surface area contributed by atoms with Gasteiger partial charge in [-0.25, -0.2) is 0 Å². The van der Waals surface area contributed by atoms with Crippen LogP contribution in [0.1, 0.15) is 22.3 Å². The minimum atomic E-state index is 0.118. The van der Waals surface area contributed by atoms with Crippen molar-refractivity contribution in [3.8, 4) is 5.75 Å². The number of amides is 1. The zero-order valence-electron chi connectivity index (χ0n) is 14.3. The molecule has 1 atom stereocenters. The number of nitrogens with zero attached hydrogens (tertiary/aromatic N) is 2. The summed E-state index contributed by atoms with van der Waals surface area (Å²) in [5, 5.41) is 9.36. The van der Waals surface area contributed by atoms with E-state index in [9.17, 15) is 9.90 Å². The van der Waals surface area contributed by atoms with Crippen molar-refractivity contribution < 1.29 is 9.90 Å². The fourth-order valence-electron chi connectivity index (χ4n) is 3.25. The van der Waals surface area contributed by atoms with Crippen LogP contribution in [0, 0.1) is 5.92 Å². The highest BCUT2D eigenvalue weighted by atomic mass is 16.3. The fourth-order valence-corrected chi connectivity index (χ4v) is 3.25. The number of phenolic OH excluding ortho intramolecular Hbond substituents is 1. The van der Waals surface area contributed by atoms with Gasteiger partial charge in [0.1, 0.15) is 5.75 Å². The van der Waals surface area contributed by atoms with E-state index in [1.165, 1.54) is 5.56 Å². The molecule has 4 heteroatoms. The first kappa shape index (κ1) is 16.4. The van der Waals surface area contributed by atoms with E-state index >= 15 is 0 Å². The molecule has 0 spiro atoms. The molecule has 1 saturated heterocycles. The molecule has 0 saturated carbocycles. The number of carbonyl (C=O) groups is 1. The van der Waals surface area contributed by atoms with E-state index in [1.54, 1.807) is 12.1 Å². The third-order valence-electron chi connectivity index (χ3n) is 4.64. The Morgan fingerprint density at radius 1 is 1.21 bits per heavy atom. The predicted octanol–water partition coefficient (Wildman–Crippen LogP) is 3.16. The number of hydrogen-bond acceptors (Lipinski definition) is 3. The summed E-state index contributed by atoms with van der Waals surface area (Å²) in [6.07, 6.45) is 1.97. The predicted molar refractivity (Wildman–Crippen MR) is 96.6 cm³/mol. The maximum Gasteiger partial charge on any atom is 0.253 e. The second-order valence-electron chi connectivity index (χ2n) is 6.72. The molecule has 4 nitrogen and oxygen atoms in total. The van der Waals surface area contributed by atoms with Gasteiger partial charge >= 0.3 is 0 Å². The Kier molecular flexibility index (Phi) is 4.74. The third kappa shape index (κ3) is 3.70. The summed E-state index contributed by atoms with van der Waals surface area (Å²) in [6.45, 7) is 1.61. The monoisotopic (exact) mass is 324 g/mol. The molecule has 126 valence electrons. The van der Waals surface area contributed by atoms with E-state index in [1.807, 2.05) is 60.3 Å². The lowest BCUT2D eigenvalue weighted by Crippen LogP contribution is -2.29. The van der Waals surface area contributed by atoms with Crippen LogP contribution in [0.5, 0.6) is 5.75 Å². The number of likely N-dealkylation sites (tertiary alicyclic amines) is 1. The molecule has 2 aromatic carbocycles. The number of anilines is 1. The number of benzene rings is 2. The first-order valence-electron chi connectivity index (χ1n) is 8.37.